The zero-order valence-electron chi connectivity index (χ0n) is 11.2. The molecule has 2 bridgehead atoms. The van der Waals surface area contributed by atoms with E-state index in [2.05, 4.69) is 13.8 Å². The zero-order valence-corrected chi connectivity index (χ0v) is 11.2. The fourth-order valence-electron chi connectivity index (χ4n) is 4.10. The first-order valence-corrected chi connectivity index (χ1v) is 7.01. The van der Waals surface area contributed by atoms with E-state index in [1.807, 2.05) is 0 Å². The number of carbonyl (C=O) groups excluding carboxylic acids is 1. The van der Waals surface area contributed by atoms with Gasteiger partial charge in [-0.05, 0) is 30.1 Å². The average Bonchev–Trinajstić information content (AvgIpc) is 3.05. The SMILES string of the molecule is CC1C(C)C2CC1C(C(=O)O)C2C(=O)OCC1CO1. The highest BCUT2D eigenvalue weighted by Crippen LogP contribution is 2.58. The number of hydrogen-bond donors (Lipinski definition) is 1. The lowest BCUT2D eigenvalue weighted by Crippen LogP contribution is -2.41. The molecule has 1 saturated heterocycles. The van der Waals surface area contributed by atoms with Gasteiger partial charge in [-0.1, -0.05) is 13.8 Å². The highest BCUT2D eigenvalue weighted by molar-refractivity contribution is 5.83. The van der Waals surface area contributed by atoms with Gasteiger partial charge in [0, 0.05) is 0 Å². The molecule has 1 heterocycles. The first-order chi connectivity index (χ1) is 9.00. The third-order valence-corrected chi connectivity index (χ3v) is 5.40. The molecule has 3 rings (SSSR count). The Kier molecular flexibility index (Phi) is 3.04. The van der Waals surface area contributed by atoms with Crippen molar-refractivity contribution in [3.05, 3.63) is 0 Å². The molecule has 2 aliphatic carbocycles. The maximum absolute atomic E-state index is 12.2. The molecule has 0 radical (unpaired) electrons. The molecule has 19 heavy (non-hydrogen) atoms. The van der Waals surface area contributed by atoms with E-state index in [1.165, 1.54) is 0 Å². The van der Waals surface area contributed by atoms with Gasteiger partial charge < -0.3 is 14.6 Å². The van der Waals surface area contributed by atoms with Gasteiger partial charge in [0.25, 0.3) is 0 Å². The van der Waals surface area contributed by atoms with Crippen molar-refractivity contribution < 1.29 is 24.2 Å². The number of hydrogen-bond acceptors (Lipinski definition) is 4. The molecule has 1 N–H and O–H groups in total. The first-order valence-electron chi connectivity index (χ1n) is 7.01. The lowest BCUT2D eigenvalue weighted by Gasteiger charge is -2.34. The van der Waals surface area contributed by atoms with Crippen LogP contribution in [0.5, 0.6) is 0 Å². The molecule has 5 nitrogen and oxygen atoms in total. The highest BCUT2D eigenvalue weighted by atomic mass is 16.6. The van der Waals surface area contributed by atoms with Crippen molar-refractivity contribution in [2.45, 2.75) is 26.4 Å². The second-order valence-corrected chi connectivity index (χ2v) is 6.26. The molecule has 0 aromatic heterocycles. The molecule has 2 saturated carbocycles. The van der Waals surface area contributed by atoms with Crippen LogP contribution in [0.15, 0.2) is 0 Å². The molecule has 1 aliphatic heterocycles. The number of epoxide rings is 1. The average molecular weight is 268 g/mol. The summed E-state index contributed by atoms with van der Waals surface area (Å²) in [5, 5.41) is 9.42. The van der Waals surface area contributed by atoms with Crippen molar-refractivity contribution in [2.24, 2.45) is 35.5 Å². The second-order valence-electron chi connectivity index (χ2n) is 6.26. The summed E-state index contributed by atoms with van der Waals surface area (Å²) in [5.41, 5.74) is 0. The van der Waals surface area contributed by atoms with E-state index in [9.17, 15) is 14.7 Å². The van der Waals surface area contributed by atoms with Crippen molar-refractivity contribution in [1.82, 2.24) is 0 Å². The Morgan fingerprint density at radius 1 is 1.21 bits per heavy atom. The smallest absolute Gasteiger partial charge is 0.310 e. The Morgan fingerprint density at radius 3 is 2.32 bits per heavy atom. The molecule has 7 atom stereocenters. The first kappa shape index (κ1) is 12.9. The predicted molar refractivity (Wildman–Crippen MR) is 65.2 cm³/mol. The Labute approximate surface area is 112 Å². The van der Waals surface area contributed by atoms with E-state index in [4.69, 9.17) is 9.47 Å². The monoisotopic (exact) mass is 268 g/mol. The number of ether oxygens (including phenoxy) is 2. The molecular weight excluding hydrogens is 248 g/mol. The Balaban J connectivity index is 1.74. The molecule has 0 aromatic carbocycles. The van der Waals surface area contributed by atoms with Crippen molar-refractivity contribution in [3.63, 3.8) is 0 Å². The van der Waals surface area contributed by atoms with Gasteiger partial charge in [0.05, 0.1) is 18.4 Å². The Bertz CT molecular complexity index is 403. The molecule has 3 fully saturated rings. The van der Waals surface area contributed by atoms with Crippen LogP contribution in [0.3, 0.4) is 0 Å². The van der Waals surface area contributed by atoms with Crippen LogP contribution in [0.4, 0.5) is 0 Å². The number of rotatable bonds is 4. The van der Waals surface area contributed by atoms with E-state index in [0.29, 0.717) is 18.4 Å². The van der Waals surface area contributed by atoms with Crippen LogP contribution in [0, 0.1) is 35.5 Å². The largest absolute Gasteiger partial charge is 0.481 e. The number of aliphatic carboxylic acids is 1. The standard InChI is InChI=1S/C14H20O5/c1-6-7(2)10-3-9(6)11(13(15)16)12(10)14(17)19-5-8-4-18-8/h6-12H,3-5H2,1-2H3,(H,15,16). The van der Waals surface area contributed by atoms with Crippen molar-refractivity contribution in [3.8, 4) is 0 Å². The summed E-state index contributed by atoms with van der Waals surface area (Å²) in [5.74, 6) is -1.17. The zero-order chi connectivity index (χ0) is 13.7. The van der Waals surface area contributed by atoms with Crippen LogP contribution in [-0.2, 0) is 19.1 Å². The summed E-state index contributed by atoms with van der Waals surface area (Å²) in [6.45, 7) is 5.13. The topological polar surface area (TPSA) is 76.1 Å². The minimum absolute atomic E-state index is 0.0298. The van der Waals surface area contributed by atoms with Crippen LogP contribution in [0.1, 0.15) is 20.3 Å². The number of carboxylic acid groups (broad SMARTS) is 1. The van der Waals surface area contributed by atoms with Gasteiger partial charge in [0.15, 0.2) is 0 Å². The van der Waals surface area contributed by atoms with Gasteiger partial charge in [-0.25, -0.2) is 0 Å². The summed E-state index contributed by atoms with van der Waals surface area (Å²) >= 11 is 0. The molecule has 7 unspecified atom stereocenters. The molecule has 3 aliphatic rings. The van der Waals surface area contributed by atoms with Gasteiger partial charge >= 0.3 is 11.9 Å². The summed E-state index contributed by atoms with van der Waals surface area (Å²) in [6.07, 6.45) is 0.876. The van der Waals surface area contributed by atoms with Gasteiger partial charge in [0.1, 0.15) is 12.7 Å². The normalized spacial score (nSPS) is 47.2. The summed E-state index contributed by atoms with van der Waals surface area (Å²) < 4.78 is 10.2. The highest BCUT2D eigenvalue weighted by Gasteiger charge is 2.60. The lowest BCUT2D eigenvalue weighted by molar-refractivity contribution is -0.162. The number of fused-ring (bicyclic) bond motifs is 2. The van der Waals surface area contributed by atoms with Crippen LogP contribution in [-0.4, -0.2) is 36.4 Å². The van der Waals surface area contributed by atoms with Gasteiger partial charge in [0.2, 0.25) is 0 Å². The fourth-order valence-corrected chi connectivity index (χ4v) is 4.10. The van der Waals surface area contributed by atoms with E-state index < -0.39 is 17.8 Å². The maximum atomic E-state index is 12.2. The van der Waals surface area contributed by atoms with Crippen LogP contribution < -0.4 is 0 Å². The lowest BCUT2D eigenvalue weighted by atomic mass is 9.69. The second kappa shape index (κ2) is 4.47. The van der Waals surface area contributed by atoms with E-state index in [0.717, 1.165) is 6.42 Å². The maximum Gasteiger partial charge on any atom is 0.310 e. The molecule has 106 valence electrons. The number of carbonyl (C=O) groups is 2. The Hall–Kier alpha value is -1.10. The molecule has 0 spiro atoms. The fraction of sp³-hybridized carbons (Fsp3) is 0.857. The van der Waals surface area contributed by atoms with Crippen molar-refractivity contribution in [2.75, 3.05) is 13.2 Å². The number of carboxylic acids is 1. The third kappa shape index (κ3) is 2.04. The van der Waals surface area contributed by atoms with Gasteiger partial charge in [-0.15, -0.1) is 0 Å². The van der Waals surface area contributed by atoms with Crippen LogP contribution in [0.25, 0.3) is 0 Å². The van der Waals surface area contributed by atoms with E-state index >= 15 is 0 Å². The van der Waals surface area contributed by atoms with Gasteiger partial charge in [-0.3, -0.25) is 9.59 Å². The minimum Gasteiger partial charge on any atom is -0.481 e. The van der Waals surface area contributed by atoms with Crippen LogP contribution >= 0.6 is 0 Å². The van der Waals surface area contributed by atoms with Gasteiger partial charge in [-0.2, -0.15) is 0 Å². The Morgan fingerprint density at radius 2 is 1.79 bits per heavy atom. The number of esters is 1. The van der Waals surface area contributed by atoms with Crippen LogP contribution in [0.2, 0.25) is 0 Å². The molecular formula is C14H20O5. The molecule has 5 heteroatoms. The third-order valence-electron chi connectivity index (χ3n) is 5.40. The summed E-state index contributed by atoms with van der Waals surface area (Å²) in [4.78, 5) is 23.7. The van der Waals surface area contributed by atoms with Crippen molar-refractivity contribution >= 4 is 11.9 Å². The molecule has 0 amide bonds. The van der Waals surface area contributed by atoms with E-state index in [1.54, 1.807) is 0 Å². The summed E-state index contributed by atoms with van der Waals surface area (Å²) in [6, 6.07) is 0. The quantitative estimate of drug-likeness (QED) is 0.612. The minimum atomic E-state index is -0.851. The van der Waals surface area contributed by atoms with Crippen molar-refractivity contribution in [1.29, 1.82) is 0 Å². The molecule has 0 aromatic rings. The summed E-state index contributed by atoms with van der Waals surface area (Å²) in [7, 11) is 0. The van der Waals surface area contributed by atoms with E-state index in [-0.39, 0.29) is 30.5 Å². The predicted octanol–water partition coefficient (Wildman–Crippen LogP) is 1.17.